The standard InChI is InChI=1S/C10H19NO5S/c1-10(2,7-9(13)14)6-8(12)11-4-3-5-17(15)16/h3-7H2,1-2H3,(H,11,12)(H,13,14)(H,15,16). The zero-order chi connectivity index (χ0) is 13.5. The fourth-order valence-electron chi connectivity index (χ4n) is 1.39. The quantitative estimate of drug-likeness (QED) is 0.440. The molecule has 0 bridgehead atoms. The average molecular weight is 265 g/mol. The third-order valence-electron chi connectivity index (χ3n) is 2.09. The number of nitrogens with one attached hydrogen (secondary N) is 1. The lowest BCUT2D eigenvalue weighted by Crippen LogP contribution is -2.31. The van der Waals surface area contributed by atoms with Crippen LogP contribution in [0.4, 0.5) is 0 Å². The first-order valence-electron chi connectivity index (χ1n) is 5.29. The molecule has 0 radical (unpaired) electrons. The first-order chi connectivity index (χ1) is 7.73. The van der Waals surface area contributed by atoms with Gasteiger partial charge in [0, 0.05) is 13.0 Å². The van der Waals surface area contributed by atoms with Crippen molar-refractivity contribution in [3.05, 3.63) is 0 Å². The highest BCUT2D eigenvalue weighted by atomic mass is 32.2. The second-order valence-corrected chi connectivity index (χ2v) is 5.69. The molecular weight excluding hydrogens is 246 g/mol. The van der Waals surface area contributed by atoms with Gasteiger partial charge in [-0.05, 0) is 11.8 Å². The molecule has 0 saturated heterocycles. The van der Waals surface area contributed by atoms with E-state index in [2.05, 4.69) is 5.32 Å². The molecule has 0 aromatic rings. The largest absolute Gasteiger partial charge is 0.481 e. The summed E-state index contributed by atoms with van der Waals surface area (Å²) < 4.78 is 18.8. The minimum absolute atomic E-state index is 0.0684. The van der Waals surface area contributed by atoms with Crippen molar-refractivity contribution in [2.45, 2.75) is 33.1 Å². The highest BCUT2D eigenvalue weighted by Crippen LogP contribution is 2.24. The number of carboxylic acids is 1. The van der Waals surface area contributed by atoms with Crippen molar-refractivity contribution in [1.82, 2.24) is 5.32 Å². The van der Waals surface area contributed by atoms with Gasteiger partial charge < -0.3 is 15.0 Å². The lowest BCUT2D eigenvalue weighted by Gasteiger charge is -2.21. The van der Waals surface area contributed by atoms with Crippen molar-refractivity contribution in [3.8, 4) is 0 Å². The molecular formula is C10H19NO5S. The summed E-state index contributed by atoms with van der Waals surface area (Å²) in [5, 5.41) is 11.2. The van der Waals surface area contributed by atoms with E-state index in [1.165, 1.54) is 0 Å². The number of hydrogen-bond acceptors (Lipinski definition) is 3. The minimum atomic E-state index is -1.84. The molecule has 0 heterocycles. The molecule has 0 fully saturated rings. The van der Waals surface area contributed by atoms with Gasteiger partial charge in [-0.3, -0.25) is 9.59 Å². The topological polar surface area (TPSA) is 104 Å². The zero-order valence-corrected chi connectivity index (χ0v) is 10.9. The predicted molar refractivity (Wildman–Crippen MR) is 63.9 cm³/mol. The lowest BCUT2D eigenvalue weighted by atomic mass is 9.85. The second kappa shape index (κ2) is 7.39. The minimum Gasteiger partial charge on any atom is -0.481 e. The normalized spacial score (nSPS) is 13.1. The third-order valence-corrected chi connectivity index (χ3v) is 2.72. The van der Waals surface area contributed by atoms with Gasteiger partial charge in [0.05, 0.1) is 12.2 Å². The molecule has 3 N–H and O–H groups in total. The highest BCUT2D eigenvalue weighted by molar-refractivity contribution is 7.79. The smallest absolute Gasteiger partial charge is 0.303 e. The van der Waals surface area contributed by atoms with E-state index in [4.69, 9.17) is 9.66 Å². The van der Waals surface area contributed by atoms with Crippen LogP contribution in [-0.4, -0.2) is 38.0 Å². The Balaban J connectivity index is 3.85. The molecule has 6 nitrogen and oxygen atoms in total. The molecule has 0 aromatic heterocycles. The van der Waals surface area contributed by atoms with Crippen LogP contribution in [-0.2, 0) is 20.7 Å². The zero-order valence-electron chi connectivity index (χ0n) is 10.1. The SMILES string of the molecule is CC(C)(CC(=O)O)CC(=O)NCCCS(=O)O. The van der Waals surface area contributed by atoms with Crippen LogP contribution in [0, 0.1) is 5.41 Å². The monoisotopic (exact) mass is 265 g/mol. The van der Waals surface area contributed by atoms with Crippen LogP contribution in [0.3, 0.4) is 0 Å². The van der Waals surface area contributed by atoms with Crippen LogP contribution in [0.25, 0.3) is 0 Å². The molecule has 0 aliphatic heterocycles. The summed E-state index contributed by atoms with van der Waals surface area (Å²) in [6.45, 7) is 3.75. The van der Waals surface area contributed by atoms with E-state index in [0.29, 0.717) is 13.0 Å². The fourth-order valence-corrected chi connectivity index (χ4v) is 1.78. The summed E-state index contributed by atoms with van der Waals surface area (Å²) in [6.07, 6.45) is 0.483. The van der Waals surface area contributed by atoms with Crippen molar-refractivity contribution in [2.24, 2.45) is 5.41 Å². The van der Waals surface area contributed by atoms with Crippen molar-refractivity contribution in [3.63, 3.8) is 0 Å². The van der Waals surface area contributed by atoms with E-state index in [9.17, 15) is 13.8 Å². The number of carboxylic acid groups (broad SMARTS) is 1. The van der Waals surface area contributed by atoms with Crippen molar-refractivity contribution in [1.29, 1.82) is 0 Å². The molecule has 0 aliphatic carbocycles. The van der Waals surface area contributed by atoms with Crippen molar-refractivity contribution >= 4 is 23.0 Å². The first kappa shape index (κ1) is 16.1. The third kappa shape index (κ3) is 9.95. The van der Waals surface area contributed by atoms with Crippen LogP contribution in [0.1, 0.15) is 33.1 Å². The summed E-state index contributed by atoms with van der Waals surface area (Å²) in [5.41, 5.74) is -0.588. The van der Waals surface area contributed by atoms with Crippen LogP contribution < -0.4 is 5.32 Å². The Labute approximate surface area is 103 Å². The van der Waals surface area contributed by atoms with Gasteiger partial charge in [-0.25, -0.2) is 4.21 Å². The number of carbonyl (C=O) groups is 2. The molecule has 100 valence electrons. The van der Waals surface area contributed by atoms with E-state index in [0.717, 1.165) is 0 Å². The summed E-state index contributed by atoms with van der Waals surface area (Å²) in [4.78, 5) is 22.0. The van der Waals surface area contributed by atoms with Crippen molar-refractivity contribution in [2.75, 3.05) is 12.3 Å². The maximum Gasteiger partial charge on any atom is 0.303 e. The summed E-state index contributed by atoms with van der Waals surface area (Å²) in [7, 11) is 0. The number of amides is 1. The number of carbonyl (C=O) groups excluding carboxylic acids is 1. The second-order valence-electron chi connectivity index (χ2n) is 4.64. The van der Waals surface area contributed by atoms with Gasteiger partial charge in [-0.15, -0.1) is 0 Å². The maximum absolute atomic E-state index is 11.4. The first-order valence-corrected chi connectivity index (χ1v) is 6.56. The van der Waals surface area contributed by atoms with E-state index in [1.54, 1.807) is 13.8 Å². The summed E-state index contributed by atoms with van der Waals surface area (Å²) in [5.74, 6) is -1.04. The fraction of sp³-hybridized carbons (Fsp3) is 0.800. The van der Waals surface area contributed by atoms with Crippen LogP contribution in [0.2, 0.25) is 0 Å². The Bertz CT molecular complexity index is 303. The van der Waals surface area contributed by atoms with Crippen LogP contribution >= 0.6 is 0 Å². The number of aliphatic carboxylic acids is 1. The lowest BCUT2D eigenvalue weighted by molar-refractivity contribution is -0.139. The van der Waals surface area contributed by atoms with Gasteiger partial charge >= 0.3 is 5.97 Å². The molecule has 7 heteroatoms. The molecule has 0 rings (SSSR count). The Morgan fingerprint density at radius 2 is 1.88 bits per heavy atom. The van der Waals surface area contributed by atoms with Gasteiger partial charge in [0.25, 0.3) is 0 Å². The number of rotatable bonds is 8. The van der Waals surface area contributed by atoms with Gasteiger partial charge in [0.2, 0.25) is 5.91 Å². The molecule has 0 spiro atoms. The number of hydrogen-bond donors (Lipinski definition) is 3. The van der Waals surface area contributed by atoms with E-state index in [-0.39, 0.29) is 24.5 Å². The summed E-state index contributed by atoms with van der Waals surface area (Å²) >= 11 is -1.84. The highest BCUT2D eigenvalue weighted by Gasteiger charge is 2.24. The van der Waals surface area contributed by atoms with E-state index < -0.39 is 22.5 Å². The van der Waals surface area contributed by atoms with Gasteiger partial charge in [0.1, 0.15) is 0 Å². The maximum atomic E-state index is 11.4. The molecule has 1 atom stereocenters. The Morgan fingerprint density at radius 1 is 1.29 bits per heavy atom. The molecule has 1 unspecified atom stereocenters. The molecule has 0 saturated carbocycles. The molecule has 0 aliphatic rings. The summed E-state index contributed by atoms with van der Waals surface area (Å²) in [6, 6.07) is 0. The van der Waals surface area contributed by atoms with Gasteiger partial charge in [-0.2, -0.15) is 0 Å². The Kier molecular flexibility index (Phi) is 6.98. The van der Waals surface area contributed by atoms with Crippen LogP contribution in [0.5, 0.6) is 0 Å². The van der Waals surface area contributed by atoms with Crippen LogP contribution in [0.15, 0.2) is 0 Å². The van der Waals surface area contributed by atoms with E-state index >= 15 is 0 Å². The predicted octanol–water partition coefficient (Wildman–Crippen LogP) is 0.605. The average Bonchev–Trinajstić information content (AvgIpc) is 2.08. The van der Waals surface area contributed by atoms with E-state index in [1.807, 2.05) is 0 Å². The van der Waals surface area contributed by atoms with Crippen molar-refractivity contribution < 1.29 is 23.5 Å². The van der Waals surface area contributed by atoms with Gasteiger partial charge in [0.15, 0.2) is 11.1 Å². The molecule has 17 heavy (non-hydrogen) atoms. The Hall–Kier alpha value is -0.950. The molecule has 0 aromatic carbocycles. The molecule has 1 amide bonds. The Morgan fingerprint density at radius 3 is 2.35 bits per heavy atom. The van der Waals surface area contributed by atoms with Gasteiger partial charge in [-0.1, -0.05) is 13.8 Å².